The number of aryl methyl sites for hydroxylation is 1. The lowest BCUT2D eigenvalue weighted by molar-refractivity contribution is -0.124. The molecule has 0 radical (unpaired) electrons. The second-order valence-electron chi connectivity index (χ2n) is 5.24. The molecule has 1 aromatic heterocycles. The van der Waals surface area contributed by atoms with Crippen LogP contribution in [-0.4, -0.2) is 29.5 Å². The van der Waals surface area contributed by atoms with E-state index >= 15 is 0 Å². The number of nitrogens with zero attached hydrogens (tertiary/aromatic N) is 1. The molecule has 1 atom stereocenters. The highest BCUT2D eigenvalue weighted by atomic mass is 16.5. The van der Waals surface area contributed by atoms with E-state index in [9.17, 15) is 9.59 Å². The first-order valence-electron chi connectivity index (χ1n) is 7.50. The summed E-state index contributed by atoms with van der Waals surface area (Å²) in [4.78, 5) is 27.8. The van der Waals surface area contributed by atoms with Gasteiger partial charge < -0.3 is 14.5 Å². The first-order valence-corrected chi connectivity index (χ1v) is 7.50. The van der Waals surface area contributed by atoms with E-state index in [2.05, 4.69) is 10.3 Å². The largest absolute Gasteiger partial charge is 0.451 e. The van der Waals surface area contributed by atoms with E-state index in [4.69, 9.17) is 9.15 Å². The van der Waals surface area contributed by atoms with Gasteiger partial charge in [-0.05, 0) is 32.4 Å². The van der Waals surface area contributed by atoms with Crippen LogP contribution >= 0.6 is 0 Å². The molecule has 0 aliphatic carbocycles. The van der Waals surface area contributed by atoms with Gasteiger partial charge in [0.05, 0.1) is 0 Å². The maximum absolute atomic E-state index is 12.0. The molecule has 1 aromatic carbocycles. The number of ether oxygens (including phenoxy) is 1. The van der Waals surface area contributed by atoms with E-state index < -0.39 is 5.97 Å². The van der Waals surface area contributed by atoms with E-state index in [0.29, 0.717) is 11.7 Å². The molecule has 0 fully saturated rings. The summed E-state index contributed by atoms with van der Waals surface area (Å²) in [5.74, 6) is -0.305. The number of amides is 1. The minimum absolute atomic E-state index is 0.0414. The molecule has 0 aliphatic heterocycles. The average Bonchev–Trinajstić information content (AvgIpc) is 2.95. The fraction of sp³-hybridized carbons (Fsp3) is 0.353. The highest BCUT2D eigenvalue weighted by Crippen LogP contribution is 2.21. The Morgan fingerprint density at radius 1 is 1.30 bits per heavy atom. The van der Waals surface area contributed by atoms with E-state index in [1.54, 1.807) is 6.92 Å². The standard InChI is InChI=1S/C17H20N2O4/c1-4-11(2)18-14(20)10-22-17(21)15-12(3)23-16(19-15)13-8-6-5-7-9-13/h5-9,11H,4,10H2,1-3H3,(H,18,20). The fourth-order valence-corrected chi connectivity index (χ4v) is 1.91. The van der Waals surface area contributed by atoms with Crippen molar-refractivity contribution >= 4 is 11.9 Å². The molecule has 0 aliphatic rings. The summed E-state index contributed by atoms with van der Waals surface area (Å²) < 4.78 is 10.5. The van der Waals surface area contributed by atoms with Crippen LogP contribution in [0.15, 0.2) is 34.7 Å². The minimum Gasteiger partial charge on any atom is -0.451 e. The maximum Gasteiger partial charge on any atom is 0.361 e. The third-order valence-electron chi connectivity index (χ3n) is 3.36. The molecular formula is C17H20N2O4. The highest BCUT2D eigenvalue weighted by Gasteiger charge is 2.20. The van der Waals surface area contributed by atoms with Crippen LogP contribution in [0.3, 0.4) is 0 Å². The third kappa shape index (κ3) is 4.42. The molecule has 6 nitrogen and oxygen atoms in total. The molecule has 6 heteroatoms. The molecule has 0 saturated heterocycles. The van der Waals surface area contributed by atoms with Gasteiger partial charge in [-0.15, -0.1) is 0 Å². The number of hydrogen-bond acceptors (Lipinski definition) is 5. The van der Waals surface area contributed by atoms with E-state index in [-0.39, 0.29) is 24.2 Å². The number of carbonyl (C=O) groups is 2. The Bertz CT molecular complexity index is 679. The predicted molar refractivity (Wildman–Crippen MR) is 84.9 cm³/mol. The van der Waals surface area contributed by atoms with Crippen molar-refractivity contribution in [2.75, 3.05) is 6.61 Å². The van der Waals surface area contributed by atoms with Crippen LogP contribution in [0.25, 0.3) is 11.5 Å². The van der Waals surface area contributed by atoms with E-state index in [0.717, 1.165) is 12.0 Å². The SMILES string of the molecule is CCC(C)NC(=O)COC(=O)c1nc(-c2ccccc2)oc1C. The van der Waals surface area contributed by atoms with Crippen LogP contribution in [0, 0.1) is 6.92 Å². The summed E-state index contributed by atoms with van der Waals surface area (Å²) in [6.07, 6.45) is 0.808. The number of aromatic nitrogens is 1. The zero-order chi connectivity index (χ0) is 16.8. The van der Waals surface area contributed by atoms with Crippen molar-refractivity contribution in [1.82, 2.24) is 10.3 Å². The second-order valence-corrected chi connectivity index (χ2v) is 5.24. The second kappa shape index (κ2) is 7.58. The van der Waals surface area contributed by atoms with Crippen molar-refractivity contribution in [2.24, 2.45) is 0 Å². The monoisotopic (exact) mass is 316 g/mol. The van der Waals surface area contributed by atoms with Gasteiger partial charge in [-0.25, -0.2) is 9.78 Å². The predicted octanol–water partition coefficient (Wildman–Crippen LogP) is 2.72. The highest BCUT2D eigenvalue weighted by molar-refractivity contribution is 5.90. The normalized spacial score (nSPS) is 11.8. The molecule has 0 spiro atoms. The van der Waals surface area contributed by atoms with Crippen molar-refractivity contribution in [3.8, 4) is 11.5 Å². The van der Waals surface area contributed by atoms with Crippen molar-refractivity contribution in [1.29, 1.82) is 0 Å². The van der Waals surface area contributed by atoms with Crippen molar-refractivity contribution in [3.05, 3.63) is 41.8 Å². The third-order valence-corrected chi connectivity index (χ3v) is 3.36. The number of esters is 1. The van der Waals surface area contributed by atoms with Crippen molar-refractivity contribution in [2.45, 2.75) is 33.2 Å². The zero-order valence-corrected chi connectivity index (χ0v) is 13.5. The first-order chi connectivity index (χ1) is 11.0. The van der Waals surface area contributed by atoms with Crippen LogP contribution in [-0.2, 0) is 9.53 Å². The molecule has 1 N–H and O–H groups in total. The van der Waals surface area contributed by atoms with Crippen LogP contribution in [0.4, 0.5) is 0 Å². The Hall–Kier alpha value is -2.63. The Labute approximate surface area is 134 Å². The van der Waals surface area contributed by atoms with Gasteiger partial charge in [0.1, 0.15) is 5.76 Å². The van der Waals surface area contributed by atoms with Gasteiger partial charge in [-0.2, -0.15) is 0 Å². The summed E-state index contributed by atoms with van der Waals surface area (Å²) in [7, 11) is 0. The lowest BCUT2D eigenvalue weighted by atomic mass is 10.2. The molecule has 0 bridgehead atoms. The fourth-order valence-electron chi connectivity index (χ4n) is 1.91. The summed E-state index contributed by atoms with van der Waals surface area (Å²) in [6.45, 7) is 5.14. The van der Waals surface area contributed by atoms with E-state index in [1.165, 1.54) is 0 Å². The number of rotatable bonds is 6. The van der Waals surface area contributed by atoms with Crippen LogP contribution in [0.2, 0.25) is 0 Å². The summed E-state index contributed by atoms with van der Waals surface area (Å²) in [5.41, 5.74) is 0.851. The Morgan fingerprint density at radius 2 is 2.00 bits per heavy atom. The van der Waals surface area contributed by atoms with Gasteiger partial charge in [0.25, 0.3) is 5.91 Å². The molecule has 122 valence electrons. The number of benzene rings is 1. The van der Waals surface area contributed by atoms with Gasteiger partial charge in [0, 0.05) is 11.6 Å². The average molecular weight is 316 g/mol. The quantitative estimate of drug-likeness (QED) is 0.829. The molecule has 1 amide bonds. The van der Waals surface area contributed by atoms with Gasteiger partial charge in [0.15, 0.2) is 12.3 Å². The summed E-state index contributed by atoms with van der Waals surface area (Å²) in [6, 6.07) is 9.29. The van der Waals surface area contributed by atoms with E-state index in [1.807, 2.05) is 44.2 Å². The molecule has 1 unspecified atom stereocenters. The minimum atomic E-state index is -0.673. The van der Waals surface area contributed by atoms with Crippen molar-refractivity contribution < 1.29 is 18.7 Å². The Balaban J connectivity index is 2.00. The Kier molecular flexibility index (Phi) is 5.51. The molecule has 2 rings (SSSR count). The molecule has 1 heterocycles. The number of nitrogens with one attached hydrogen (secondary N) is 1. The smallest absolute Gasteiger partial charge is 0.361 e. The Morgan fingerprint density at radius 3 is 2.65 bits per heavy atom. The van der Waals surface area contributed by atoms with Crippen LogP contribution in [0.1, 0.15) is 36.5 Å². The van der Waals surface area contributed by atoms with Gasteiger partial charge in [0.2, 0.25) is 5.89 Å². The van der Waals surface area contributed by atoms with Gasteiger partial charge >= 0.3 is 5.97 Å². The first kappa shape index (κ1) is 16.7. The number of hydrogen-bond donors (Lipinski definition) is 1. The molecule has 2 aromatic rings. The molecule has 23 heavy (non-hydrogen) atoms. The summed E-state index contributed by atoms with van der Waals surface area (Å²) >= 11 is 0. The number of carbonyl (C=O) groups excluding carboxylic acids is 2. The maximum atomic E-state index is 12.0. The summed E-state index contributed by atoms with van der Waals surface area (Å²) in [5, 5.41) is 2.72. The lowest BCUT2D eigenvalue weighted by Gasteiger charge is -2.10. The number of oxazole rings is 1. The molecule has 0 saturated carbocycles. The topological polar surface area (TPSA) is 81.4 Å². The molecular weight excluding hydrogens is 296 g/mol. The van der Waals surface area contributed by atoms with Crippen LogP contribution < -0.4 is 5.32 Å². The lowest BCUT2D eigenvalue weighted by Crippen LogP contribution is -2.35. The van der Waals surface area contributed by atoms with Gasteiger partial charge in [-0.1, -0.05) is 25.1 Å². The van der Waals surface area contributed by atoms with Crippen LogP contribution in [0.5, 0.6) is 0 Å². The zero-order valence-electron chi connectivity index (χ0n) is 13.5. The van der Waals surface area contributed by atoms with Gasteiger partial charge in [-0.3, -0.25) is 4.79 Å². The van der Waals surface area contributed by atoms with Crippen molar-refractivity contribution in [3.63, 3.8) is 0 Å².